The van der Waals surface area contributed by atoms with E-state index in [1.54, 1.807) is 17.8 Å². The van der Waals surface area contributed by atoms with Gasteiger partial charge in [0.2, 0.25) is 5.91 Å². The van der Waals surface area contributed by atoms with Crippen LogP contribution in [0.25, 0.3) is 5.69 Å². The summed E-state index contributed by atoms with van der Waals surface area (Å²) < 4.78 is 1.76. The minimum absolute atomic E-state index is 0.214. The maximum atomic E-state index is 12.6. The largest absolute Gasteiger partial charge is 0.350 e. The number of amides is 2. The quantitative estimate of drug-likeness (QED) is 0.876. The molecule has 0 bridgehead atoms. The number of rotatable bonds is 5. The first-order valence-electron chi connectivity index (χ1n) is 8.48. The topological polar surface area (TPSA) is 76.0 Å². The van der Waals surface area contributed by atoms with Crippen LogP contribution < -0.4 is 10.6 Å². The third-order valence-corrected chi connectivity index (χ3v) is 3.69. The van der Waals surface area contributed by atoms with Gasteiger partial charge in [-0.15, -0.1) is 0 Å². The Morgan fingerprint density at radius 2 is 1.84 bits per heavy atom. The minimum atomic E-state index is -0.628. The van der Waals surface area contributed by atoms with Crippen LogP contribution in [0.1, 0.15) is 50.7 Å². The van der Waals surface area contributed by atoms with Gasteiger partial charge in [0.15, 0.2) is 0 Å². The summed E-state index contributed by atoms with van der Waals surface area (Å²) in [5.41, 5.74) is 1.86. The van der Waals surface area contributed by atoms with Gasteiger partial charge in [0.1, 0.15) is 6.04 Å². The SMILES string of the molecule is CCc1c(C(=O)N[C@H](C)C(=O)NC(C)(C)C)cnn1-c1ccccc1. The Morgan fingerprint density at radius 3 is 2.40 bits per heavy atom. The molecule has 2 aromatic rings. The maximum Gasteiger partial charge on any atom is 0.255 e. The van der Waals surface area contributed by atoms with E-state index in [9.17, 15) is 9.59 Å². The molecule has 1 aromatic heterocycles. The fraction of sp³-hybridized carbons (Fsp3) is 0.421. The predicted octanol–water partition coefficient (Wildman–Crippen LogP) is 2.47. The summed E-state index contributed by atoms with van der Waals surface area (Å²) in [6.45, 7) is 9.35. The van der Waals surface area contributed by atoms with Gasteiger partial charge in [-0.3, -0.25) is 9.59 Å². The van der Waals surface area contributed by atoms with Crippen molar-refractivity contribution in [1.29, 1.82) is 0 Å². The van der Waals surface area contributed by atoms with Gasteiger partial charge in [-0.25, -0.2) is 4.68 Å². The fourth-order valence-electron chi connectivity index (χ4n) is 2.51. The highest BCUT2D eigenvalue weighted by Gasteiger charge is 2.23. The van der Waals surface area contributed by atoms with E-state index >= 15 is 0 Å². The monoisotopic (exact) mass is 342 g/mol. The molecule has 2 N–H and O–H groups in total. The Hall–Kier alpha value is -2.63. The maximum absolute atomic E-state index is 12.6. The number of carbonyl (C=O) groups is 2. The van der Waals surface area contributed by atoms with Crippen molar-refractivity contribution in [1.82, 2.24) is 20.4 Å². The second kappa shape index (κ2) is 7.51. The summed E-state index contributed by atoms with van der Waals surface area (Å²) in [6.07, 6.45) is 2.20. The normalized spacial score (nSPS) is 12.5. The fourth-order valence-corrected chi connectivity index (χ4v) is 2.51. The Bertz CT molecular complexity index is 745. The van der Waals surface area contributed by atoms with Crippen molar-refractivity contribution in [3.05, 3.63) is 47.8 Å². The molecule has 1 atom stereocenters. The molecule has 134 valence electrons. The molecule has 0 aliphatic carbocycles. The van der Waals surface area contributed by atoms with Crippen LogP contribution in [0.4, 0.5) is 0 Å². The molecule has 0 radical (unpaired) electrons. The molecule has 2 rings (SSSR count). The van der Waals surface area contributed by atoms with Gasteiger partial charge in [0.25, 0.3) is 5.91 Å². The van der Waals surface area contributed by atoms with Crippen LogP contribution in [0.3, 0.4) is 0 Å². The highest BCUT2D eigenvalue weighted by atomic mass is 16.2. The zero-order valence-electron chi connectivity index (χ0n) is 15.5. The molecular weight excluding hydrogens is 316 g/mol. The average Bonchev–Trinajstić information content (AvgIpc) is 2.98. The second-order valence-corrected chi connectivity index (χ2v) is 7.04. The molecule has 0 aliphatic heterocycles. The number of nitrogens with one attached hydrogen (secondary N) is 2. The zero-order valence-corrected chi connectivity index (χ0v) is 15.5. The lowest BCUT2D eigenvalue weighted by atomic mass is 10.1. The van der Waals surface area contributed by atoms with E-state index in [-0.39, 0.29) is 17.4 Å². The van der Waals surface area contributed by atoms with Crippen molar-refractivity contribution >= 4 is 11.8 Å². The van der Waals surface area contributed by atoms with Gasteiger partial charge >= 0.3 is 0 Å². The molecule has 2 amide bonds. The van der Waals surface area contributed by atoms with Gasteiger partial charge in [-0.05, 0) is 46.2 Å². The molecule has 6 heteroatoms. The molecule has 6 nitrogen and oxygen atoms in total. The van der Waals surface area contributed by atoms with Crippen LogP contribution in [0.2, 0.25) is 0 Å². The summed E-state index contributed by atoms with van der Waals surface area (Å²) in [5, 5.41) is 9.96. The van der Waals surface area contributed by atoms with E-state index < -0.39 is 6.04 Å². The standard InChI is InChI=1S/C19H26N4O2/c1-6-16-15(12-20-23(16)14-10-8-7-9-11-14)18(25)21-13(2)17(24)22-19(3,4)5/h7-13H,6H2,1-5H3,(H,21,25)(H,22,24)/t13-/m1/s1. The molecule has 25 heavy (non-hydrogen) atoms. The number of para-hydroxylation sites is 1. The lowest BCUT2D eigenvalue weighted by molar-refractivity contribution is -0.124. The molecule has 1 heterocycles. The molecule has 0 unspecified atom stereocenters. The summed E-state index contributed by atoms with van der Waals surface area (Å²) in [4.78, 5) is 24.8. The van der Waals surface area contributed by atoms with Gasteiger partial charge in [-0.2, -0.15) is 5.10 Å². The van der Waals surface area contributed by atoms with Gasteiger partial charge in [0.05, 0.1) is 23.1 Å². The van der Waals surface area contributed by atoms with E-state index in [0.717, 1.165) is 11.4 Å². The summed E-state index contributed by atoms with van der Waals surface area (Å²) in [6, 6.07) is 9.03. The smallest absolute Gasteiger partial charge is 0.255 e. The number of carbonyl (C=O) groups excluding carboxylic acids is 2. The van der Waals surface area contributed by atoms with Crippen LogP contribution in [0.15, 0.2) is 36.5 Å². The number of benzene rings is 1. The van der Waals surface area contributed by atoms with Crippen molar-refractivity contribution in [2.24, 2.45) is 0 Å². The van der Waals surface area contributed by atoms with Crippen LogP contribution in [0.5, 0.6) is 0 Å². The van der Waals surface area contributed by atoms with E-state index in [2.05, 4.69) is 15.7 Å². The number of aromatic nitrogens is 2. The Morgan fingerprint density at radius 1 is 1.20 bits per heavy atom. The molecule has 0 fully saturated rings. The summed E-state index contributed by atoms with van der Waals surface area (Å²) in [7, 11) is 0. The molecule has 0 aliphatic rings. The third-order valence-electron chi connectivity index (χ3n) is 3.69. The van der Waals surface area contributed by atoms with Crippen LogP contribution in [-0.4, -0.2) is 33.2 Å². The predicted molar refractivity (Wildman–Crippen MR) is 97.8 cm³/mol. The van der Waals surface area contributed by atoms with Crippen LogP contribution in [-0.2, 0) is 11.2 Å². The van der Waals surface area contributed by atoms with Crippen molar-refractivity contribution in [2.45, 2.75) is 52.6 Å². The van der Waals surface area contributed by atoms with Crippen molar-refractivity contribution < 1.29 is 9.59 Å². The van der Waals surface area contributed by atoms with Crippen LogP contribution in [0, 0.1) is 0 Å². The first-order chi connectivity index (χ1) is 11.7. The van der Waals surface area contributed by atoms with E-state index in [0.29, 0.717) is 12.0 Å². The summed E-state index contributed by atoms with van der Waals surface area (Å²) in [5.74, 6) is -0.509. The lowest BCUT2D eigenvalue weighted by Crippen LogP contribution is -2.50. The van der Waals surface area contributed by atoms with Gasteiger partial charge in [-0.1, -0.05) is 25.1 Å². The molecular formula is C19H26N4O2. The highest BCUT2D eigenvalue weighted by molar-refractivity contribution is 5.98. The molecule has 0 saturated carbocycles. The minimum Gasteiger partial charge on any atom is -0.350 e. The molecule has 1 aromatic carbocycles. The first-order valence-corrected chi connectivity index (χ1v) is 8.48. The van der Waals surface area contributed by atoms with Crippen LogP contribution >= 0.6 is 0 Å². The number of hydrogen-bond acceptors (Lipinski definition) is 3. The third kappa shape index (κ3) is 4.68. The molecule has 0 spiro atoms. The van der Waals surface area contributed by atoms with Gasteiger partial charge < -0.3 is 10.6 Å². The highest BCUT2D eigenvalue weighted by Crippen LogP contribution is 2.16. The average molecular weight is 342 g/mol. The molecule has 0 saturated heterocycles. The Labute approximate surface area is 148 Å². The zero-order chi connectivity index (χ0) is 18.6. The Balaban J connectivity index is 2.17. The Kier molecular flexibility index (Phi) is 5.62. The van der Waals surface area contributed by atoms with Gasteiger partial charge in [0, 0.05) is 5.54 Å². The van der Waals surface area contributed by atoms with Crippen molar-refractivity contribution in [3.63, 3.8) is 0 Å². The van der Waals surface area contributed by atoms with Crippen molar-refractivity contribution in [2.75, 3.05) is 0 Å². The van der Waals surface area contributed by atoms with Crippen molar-refractivity contribution in [3.8, 4) is 5.69 Å². The lowest BCUT2D eigenvalue weighted by Gasteiger charge is -2.23. The van der Waals surface area contributed by atoms with E-state index in [1.807, 2.05) is 58.0 Å². The summed E-state index contributed by atoms with van der Waals surface area (Å²) >= 11 is 0. The van der Waals surface area contributed by atoms with E-state index in [4.69, 9.17) is 0 Å². The first kappa shape index (κ1) is 18.7. The van der Waals surface area contributed by atoms with E-state index in [1.165, 1.54) is 0 Å². The second-order valence-electron chi connectivity index (χ2n) is 7.04. The number of hydrogen-bond donors (Lipinski definition) is 2. The number of nitrogens with zero attached hydrogens (tertiary/aromatic N) is 2.